The molecule has 8 heteroatoms. The van der Waals surface area contributed by atoms with Crippen molar-refractivity contribution < 1.29 is 23.9 Å². The number of ether oxygens (including phenoxy) is 2. The van der Waals surface area contributed by atoms with Gasteiger partial charge in [0.05, 0.1) is 6.61 Å². The van der Waals surface area contributed by atoms with E-state index in [1.807, 2.05) is 64.1 Å². The molecule has 0 unspecified atom stereocenters. The number of aryl methyl sites for hydroxylation is 4. The summed E-state index contributed by atoms with van der Waals surface area (Å²) in [6.45, 7) is 14.9. The van der Waals surface area contributed by atoms with Crippen LogP contribution < -0.4 is 20.7 Å². The molecule has 54 heavy (non-hydrogen) atoms. The molecule has 0 saturated carbocycles. The third kappa shape index (κ3) is 14.0. The highest BCUT2D eigenvalue weighted by Crippen LogP contribution is 2.29. The van der Waals surface area contributed by atoms with Gasteiger partial charge in [0.2, 0.25) is 11.8 Å². The standard InChI is InChI=1S/C46H59N3O5/c1-8-37-31-40(53-26-13-12-25-47-45(52)54-46(5,6)7)23-24-41(37)38-21-19-35(20-22-38)30-34(4)43(50)49-42(44(51)48-39-16-10-9-11-17-39)18-14-15-36-28-32(2)27-33(3)29-36/h9-11,16-17,19-24,27-29,31,34,42H,8,12-15,18,25-26,30H2,1-7H3,(H,47,52)(H,48,51)(H,49,50)/t34-,42-/m0/s1. The number of anilines is 1. The molecule has 0 radical (unpaired) electrons. The van der Waals surface area contributed by atoms with E-state index in [0.29, 0.717) is 31.7 Å². The minimum atomic E-state index is -0.644. The van der Waals surface area contributed by atoms with Crippen LogP contribution in [0.5, 0.6) is 5.75 Å². The summed E-state index contributed by atoms with van der Waals surface area (Å²) >= 11 is 0. The molecule has 2 atom stereocenters. The topological polar surface area (TPSA) is 106 Å². The maximum absolute atomic E-state index is 13.5. The van der Waals surface area contributed by atoms with Crippen LogP contribution in [-0.2, 0) is 33.6 Å². The largest absolute Gasteiger partial charge is 0.494 e. The van der Waals surface area contributed by atoms with E-state index in [9.17, 15) is 14.4 Å². The molecule has 0 bridgehead atoms. The van der Waals surface area contributed by atoms with Crippen LogP contribution in [0.3, 0.4) is 0 Å². The number of carbonyl (C=O) groups excluding carboxylic acids is 3. The molecule has 4 rings (SSSR count). The first kappa shape index (κ1) is 41.6. The lowest BCUT2D eigenvalue weighted by molar-refractivity contribution is -0.129. The van der Waals surface area contributed by atoms with Crippen molar-refractivity contribution in [1.82, 2.24) is 10.6 Å². The van der Waals surface area contributed by atoms with Crippen LogP contribution in [0.2, 0.25) is 0 Å². The average molecular weight is 734 g/mol. The van der Waals surface area contributed by atoms with Gasteiger partial charge in [0.25, 0.3) is 0 Å². The summed E-state index contributed by atoms with van der Waals surface area (Å²) in [7, 11) is 0. The van der Waals surface area contributed by atoms with Crippen LogP contribution in [0.15, 0.2) is 91.0 Å². The van der Waals surface area contributed by atoms with Gasteiger partial charge < -0.3 is 25.4 Å². The van der Waals surface area contributed by atoms with E-state index >= 15 is 0 Å². The second-order valence-electron chi connectivity index (χ2n) is 15.3. The van der Waals surface area contributed by atoms with Crippen LogP contribution in [0, 0.1) is 19.8 Å². The average Bonchev–Trinajstić information content (AvgIpc) is 3.12. The Morgan fingerprint density at radius 3 is 2.15 bits per heavy atom. The number of rotatable bonds is 18. The number of benzene rings is 4. The lowest BCUT2D eigenvalue weighted by Gasteiger charge is -2.21. The van der Waals surface area contributed by atoms with Gasteiger partial charge in [-0.1, -0.05) is 91.7 Å². The minimum Gasteiger partial charge on any atom is -0.494 e. The molecule has 3 N–H and O–H groups in total. The minimum absolute atomic E-state index is 0.137. The lowest BCUT2D eigenvalue weighted by atomic mass is 9.94. The van der Waals surface area contributed by atoms with Crippen LogP contribution in [-0.4, -0.2) is 42.7 Å². The van der Waals surface area contributed by atoms with Gasteiger partial charge in [-0.25, -0.2) is 4.79 Å². The molecule has 0 aromatic heterocycles. The second-order valence-corrected chi connectivity index (χ2v) is 15.3. The van der Waals surface area contributed by atoms with Gasteiger partial charge in [-0.2, -0.15) is 0 Å². The number of carbonyl (C=O) groups is 3. The number of hydrogen-bond acceptors (Lipinski definition) is 5. The van der Waals surface area contributed by atoms with Crippen LogP contribution in [0.4, 0.5) is 10.5 Å². The molecule has 4 aromatic rings. The van der Waals surface area contributed by atoms with Crippen LogP contribution >= 0.6 is 0 Å². The first-order valence-corrected chi connectivity index (χ1v) is 19.3. The predicted molar refractivity (Wildman–Crippen MR) is 219 cm³/mol. The first-order chi connectivity index (χ1) is 25.8. The number of alkyl carbamates (subject to hydrolysis) is 1. The normalized spacial score (nSPS) is 12.4. The first-order valence-electron chi connectivity index (χ1n) is 19.3. The summed E-state index contributed by atoms with van der Waals surface area (Å²) < 4.78 is 11.3. The number of amides is 3. The number of nitrogens with one attached hydrogen (secondary N) is 3. The molecule has 8 nitrogen and oxygen atoms in total. The molecule has 0 fully saturated rings. The second kappa shape index (κ2) is 20.4. The highest BCUT2D eigenvalue weighted by atomic mass is 16.6. The zero-order chi connectivity index (χ0) is 39.1. The van der Waals surface area contributed by atoms with Gasteiger partial charge in [0, 0.05) is 18.2 Å². The highest BCUT2D eigenvalue weighted by Gasteiger charge is 2.24. The Morgan fingerprint density at radius 2 is 1.48 bits per heavy atom. The van der Waals surface area contributed by atoms with Gasteiger partial charge in [-0.05, 0) is 132 Å². The molecule has 0 aliphatic rings. The fourth-order valence-electron chi connectivity index (χ4n) is 6.48. The van der Waals surface area contributed by atoms with Crippen molar-refractivity contribution in [2.75, 3.05) is 18.5 Å². The van der Waals surface area contributed by atoms with Crippen molar-refractivity contribution >= 4 is 23.6 Å². The summed E-state index contributed by atoms with van der Waals surface area (Å²) in [5.41, 5.74) is 8.39. The molecule has 0 aliphatic carbocycles. The van der Waals surface area contributed by atoms with Gasteiger partial charge in [0.1, 0.15) is 17.4 Å². The fourth-order valence-corrected chi connectivity index (χ4v) is 6.48. The fraction of sp³-hybridized carbons (Fsp3) is 0.413. The molecular weight excluding hydrogens is 675 g/mol. The number of hydrogen-bond donors (Lipinski definition) is 3. The van der Waals surface area contributed by atoms with E-state index in [2.05, 4.69) is 91.3 Å². The Labute approximate surface area is 322 Å². The summed E-state index contributed by atoms with van der Waals surface area (Å²) in [6.07, 6.45) is 4.77. The smallest absolute Gasteiger partial charge is 0.407 e. The van der Waals surface area contributed by atoms with Crippen LogP contribution in [0.1, 0.15) is 88.1 Å². The third-order valence-electron chi connectivity index (χ3n) is 9.13. The van der Waals surface area contributed by atoms with E-state index in [0.717, 1.165) is 54.5 Å². The van der Waals surface area contributed by atoms with Crippen molar-refractivity contribution in [1.29, 1.82) is 0 Å². The molecule has 4 aromatic carbocycles. The van der Waals surface area contributed by atoms with Gasteiger partial charge in [-0.3, -0.25) is 9.59 Å². The Morgan fingerprint density at radius 1 is 0.778 bits per heavy atom. The molecular formula is C46H59N3O5. The third-order valence-corrected chi connectivity index (χ3v) is 9.13. The molecule has 3 amide bonds. The predicted octanol–water partition coefficient (Wildman–Crippen LogP) is 9.54. The summed E-state index contributed by atoms with van der Waals surface area (Å²) in [4.78, 5) is 38.7. The zero-order valence-corrected chi connectivity index (χ0v) is 33.2. The molecule has 0 aliphatic heterocycles. The molecule has 0 spiro atoms. The highest BCUT2D eigenvalue weighted by molar-refractivity contribution is 5.97. The van der Waals surface area contributed by atoms with E-state index in [4.69, 9.17) is 9.47 Å². The van der Waals surface area contributed by atoms with E-state index in [-0.39, 0.29) is 17.7 Å². The summed E-state index contributed by atoms with van der Waals surface area (Å²) in [6, 6.07) is 29.8. The number of unbranched alkanes of at least 4 members (excludes halogenated alkanes) is 1. The van der Waals surface area contributed by atoms with Crippen molar-refractivity contribution in [3.05, 3.63) is 119 Å². The van der Waals surface area contributed by atoms with E-state index in [1.165, 1.54) is 22.3 Å². The van der Waals surface area contributed by atoms with Crippen molar-refractivity contribution in [3.63, 3.8) is 0 Å². The van der Waals surface area contributed by atoms with Gasteiger partial charge >= 0.3 is 6.09 Å². The molecule has 0 saturated heterocycles. The van der Waals surface area contributed by atoms with Crippen molar-refractivity contribution in [2.24, 2.45) is 5.92 Å². The summed E-state index contributed by atoms with van der Waals surface area (Å²) in [5, 5.41) is 8.84. The lowest BCUT2D eigenvalue weighted by Crippen LogP contribution is -2.46. The van der Waals surface area contributed by atoms with Gasteiger partial charge in [-0.15, -0.1) is 0 Å². The number of para-hydroxylation sites is 1. The van der Waals surface area contributed by atoms with E-state index < -0.39 is 17.7 Å². The maximum atomic E-state index is 13.5. The SMILES string of the molecule is CCc1cc(OCCCCNC(=O)OC(C)(C)C)ccc1-c1ccc(C[C@H](C)C(=O)N[C@@H](CCCc2cc(C)cc(C)c2)C(=O)Nc2ccccc2)cc1. The van der Waals surface area contributed by atoms with Crippen molar-refractivity contribution in [2.45, 2.75) is 105 Å². The summed E-state index contributed by atoms with van der Waals surface area (Å²) in [5.74, 6) is 0.162. The Bertz CT molecular complexity index is 1790. The molecule has 0 heterocycles. The van der Waals surface area contributed by atoms with E-state index in [1.54, 1.807) is 0 Å². The van der Waals surface area contributed by atoms with Gasteiger partial charge in [0.15, 0.2) is 0 Å². The Hall–Kier alpha value is -5.11. The Balaban J connectivity index is 1.30. The quantitative estimate of drug-likeness (QED) is 0.0884. The van der Waals surface area contributed by atoms with Crippen molar-refractivity contribution in [3.8, 4) is 16.9 Å². The monoisotopic (exact) mass is 733 g/mol. The molecule has 288 valence electrons. The maximum Gasteiger partial charge on any atom is 0.407 e. The zero-order valence-electron chi connectivity index (χ0n) is 33.2. The Kier molecular flexibility index (Phi) is 15.7. The van der Waals surface area contributed by atoms with Crippen LogP contribution in [0.25, 0.3) is 11.1 Å².